The monoisotopic (exact) mass is 283 g/mol. The highest BCUT2D eigenvalue weighted by Crippen LogP contribution is 2.38. The Morgan fingerprint density at radius 3 is 3.28 bits per heavy atom. The van der Waals surface area contributed by atoms with Gasteiger partial charge in [-0.15, -0.1) is 11.3 Å². The fourth-order valence-corrected chi connectivity index (χ4v) is 5.01. The molecule has 0 aromatic carbocycles. The van der Waals surface area contributed by atoms with Gasteiger partial charge >= 0.3 is 0 Å². The summed E-state index contributed by atoms with van der Waals surface area (Å²) in [5.74, 6) is 2.48. The Balaban J connectivity index is 1.45. The lowest BCUT2D eigenvalue weighted by Gasteiger charge is -2.38. The molecule has 0 saturated carbocycles. The summed E-state index contributed by atoms with van der Waals surface area (Å²) >= 11 is 3.91. The lowest BCUT2D eigenvalue weighted by molar-refractivity contribution is -0.0699. The van der Waals surface area contributed by atoms with Gasteiger partial charge in [0.25, 0.3) is 0 Å². The van der Waals surface area contributed by atoms with Crippen molar-refractivity contribution in [3.63, 3.8) is 0 Å². The van der Waals surface area contributed by atoms with Gasteiger partial charge < -0.3 is 10.1 Å². The summed E-state index contributed by atoms with van der Waals surface area (Å²) in [6.07, 6.45) is 4.80. The second-order valence-corrected chi connectivity index (χ2v) is 7.44. The molecule has 3 heterocycles. The van der Waals surface area contributed by atoms with Crippen LogP contribution in [0, 0.1) is 0 Å². The molecule has 1 N–H and O–H groups in total. The molecule has 0 amide bonds. The van der Waals surface area contributed by atoms with Crippen molar-refractivity contribution in [2.45, 2.75) is 37.3 Å². The Bertz CT molecular complexity index is 360. The smallest absolute Gasteiger partial charge is 0.0795 e. The van der Waals surface area contributed by atoms with E-state index in [-0.39, 0.29) is 5.60 Å². The van der Waals surface area contributed by atoms with Crippen LogP contribution >= 0.6 is 23.1 Å². The predicted molar refractivity (Wildman–Crippen MR) is 79.7 cm³/mol. The zero-order valence-electron chi connectivity index (χ0n) is 10.7. The summed E-state index contributed by atoms with van der Waals surface area (Å²) < 4.78 is 6.05. The highest BCUT2D eigenvalue weighted by Gasteiger charge is 2.40. The van der Waals surface area contributed by atoms with E-state index in [1.54, 1.807) is 0 Å². The maximum atomic E-state index is 6.05. The summed E-state index contributed by atoms with van der Waals surface area (Å²) in [4.78, 5) is 1.49. The molecule has 4 heteroatoms. The molecule has 1 aromatic heterocycles. The van der Waals surface area contributed by atoms with Crippen LogP contribution in [0.3, 0.4) is 0 Å². The van der Waals surface area contributed by atoms with E-state index in [1.165, 1.54) is 35.6 Å². The van der Waals surface area contributed by atoms with E-state index in [9.17, 15) is 0 Å². The lowest BCUT2D eigenvalue weighted by atomic mass is 9.90. The average molecular weight is 283 g/mol. The first kappa shape index (κ1) is 13.0. The summed E-state index contributed by atoms with van der Waals surface area (Å²) in [7, 11) is 0. The van der Waals surface area contributed by atoms with Crippen molar-refractivity contribution in [2.75, 3.05) is 24.7 Å². The van der Waals surface area contributed by atoms with E-state index >= 15 is 0 Å². The third-order valence-electron chi connectivity index (χ3n) is 3.94. The SMILES string of the molecule is c1csc(CCNC2CCOC3(CCSC3)C2)c1. The van der Waals surface area contributed by atoms with E-state index in [1.807, 2.05) is 11.3 Å². The van der Waals surface area contributed by atoms with E-state index in [4.69, 9.17) is 4.74 Å². The quantitative estimate of drug-likeness (QED) is 0.918. The molecule has 2 saturated heterocycles. The molecule has 2 unspecified atom stereocenters. The Morgan fingerprint density at radius 1 is 1.50 bits per heavy atom. The molecular weight excluding hydrogens is 262 g/mol. The maximum Gasteiger partial charge on any atom is 0.0795 e. The average Bonchev–Trinajstić information content (AvgIpc) is 3.02. The van der Waals surface area contributed by atoms with Crippen LogP contribution in [0.5, 0.6) is 0 Å². The molecule has 18 heavy (non-hydrogen) atoms. The fourth-order valence-electron chi connectivity index (χ4n) is 2.92. The Morgan fingerprint density at radius 2 is 2.50 bits per heavy atom. The van der Waals surface area contributed by atoms with Gasteiger partial charge in [-0.1, -0.05) is 6.07 Å². The standard InChI is InChI=1S/C14H21NOS2/c1-2-13(18-8-1)3-6-15-12-4-7-16-14(10-12)5-9-17-11-14/h1-2,8,12,15H,3-7,9-11H2. The van der Waals surface area contributed by atoms with Crippen LogP contribution in [0.25, 0.3) is 0 Å². The predicted octanol–water partition coefficient (Wildman–Crippen LogP) is 2.93. The first-order valence-electron chi connectivity index (χ1n) is 6.84. The minimum absolute atomic E-state index is 0.212. The molecule has 2 aliphatic rings. The highest BCUT2D eigenvalue weighted by atomic mass is 32.2. The molecule has 2 aliphatic heterocycles. The number of nitrogens with one attached hydrogen (secondary N) is 1. The van der Waals surface area contributed by atoms with Crippen LogP contribution in [0.4, 0.5) is 0 Å². The van der Waals surface area contributed by atoms with Crippen LogP contribution in [-0.2, 0) is 11.2 Å². The van der Waals surface area contributed by atoms with Gasteiger partial charge in [0.2, 0.25) is 0 Å². The van der Waals surface area contributed by atoms with Gasteiger partial charge in [0.1, 0.15) is 0 Å². The van der Waals surface area contributed by atoms with E-state index < -0.39 is 0 Å². The second kappa shape index (κ2) is 5.95. The van der Waals surface area contributed by atoms with E-state index in [2.05, 4.69) is 34.6 Å². The van der Waals surface area contributed by atoms with Crippen molar-refractivity contribution in [1.82, 2.24) is 5.32 Å². The van der Waals surface area contributed by atoms with Crippen molar-refractivity contribution in [1.29, 1.82) is 0 Å². The van der Waals surface area contributed by atoms with Gasteiger partial charge in [0.05, 0.1) is 5.60 Å². The summed E-state index contributed by atoms with van der Waals surface area (Å²) in [5.41, 5.74) is 0.212. The molecule has 1 spiro atoms. The zero-order valence-corrected chi connectivity index (χ0v) is 12.3. The maximum absolute atomic E-state index is 6.05. The van der Waals surface area contributed by atoms with Crippen LogP contribution < -0.4 is 5.32 Å². The van der Waals surface area contributed by atoms with Gasteiger partial charge in [-0.3, -0.25) is 0 Å². The molecule has 2 fully saturated rings. The number of thiophene rings is 1. The van der Waals surface area contributed by atoms with Gasteiger partial charge in [-0.25, -0.2) is 0 Å². The van der Waals surface area contributed by atoms with Gasteiger partial charge in [0.15, 0.2) is 0 Å². The van der Waals surface area contributed by atoms with Crippen LogP contribution in [0.2, 0.25) is 0 Å². The van der Waals surface area contributed by atoms with Crippen molar-refractivity contribution < 1.29 is 4.74 Å². The minimum Gasteiger partial charge on any atom is -0.374 e. The van der Waals surface area contributed by atoms with E-state index in [0.29, 0.717) is 6.04 Å². The van der Waals surface area contributed by atoms with Gasteiger partial charge in [-0.05, 0) is 42.9 Å². The Hall–Kier alpha value is -0.0300. The molecule has 0 bridgehead atoms. The topological polar surface area (TPSA) is 21.3 Å². The number of ether oxygens (including phenoxy) is 1. The Labute approximate surface area is 117 Å². The van der Waals surface area contributed by atoms with Crippen LogP contribution in [-0.4, -0.2) is 36.3 Å². The summed E-state index contributed by atoms with van der Waals surface area (Å²) in [5, 5.41) is 5.89. The highest BCUT2D eigenvalue weighted by molar-refractivity contribution is 7.99. The molecule has 1 aromatic rings. The molecule has 3 rings (SSSR count). The van der Waals surface area contributed by atoms with Gasteiger partial charge in [0, 0.05) is 29.8 Å². The van der Waals surface area contributed by atoms with Crippen molar-refractivity contribution in [2.24, 2.45) is 0 Å². The fraction of sp³-hybridized carbons (Fsp3) is 0.714. The van der Waals surface area contributed by atoms with Gasteiger partial charge in [-0.2, -0.15) is 11.8 Å². The number of thioether (sulfide) groups is 1. The normalized spacial score (nSPS) is 32.1. The van der Waals surface area contributed by atoms with Crippen molar-refractivity contribution >= 4 is 23.1 Å². The number of rotatable bonds is 4. The third-order valence-corrected chi connectivity index (χ3v) is 6.10. The minimum atomic E-state index is 0.212. The first-order chi connectivity index (χ1) is 8.86. The van der Waals surface area contributed by atoms with E-state index in [0.717, 1.165) is 19.6 Å². The molecule has 0 aliphatic carbocycles. The molecule has 0 radical (unpaired) electrons. The second-order valence-electron chi connectivity index (χ2n) is 5.31. The van der Waals surface area contributed by atoms with Crippen molar-refractivity contribution in [3.8, 4) is 0 Å². The molecule has 2 atom stereocenters. The Kier molecular flexibility index (Phi) is 4.29. The zero-order chi connectivity index (χ0) is 12.3. The van der Waals surface area contributed by atoms with Crippen molar-refractivity contribution in [3.05, 3.63) is 22.4 Å². The summed E-state index contributed by atoms with van der Waals surface area (Å²) in [6, 6.07) is 5.03. The van der Waals surface area contributed by atoms with Crippen LogP contribution in [0.1, 0.15) is 24.1 Å². The molecule has 100 valence electrons. The number of hydrogen-bond acceptors (Lipinski definition) is 4. The third kappa shape index (κ3) is 3.10. The largest absolute Gasteiger partial charge is 0.374 e. The molecule has 2 nitrogen and oxygen atoms in total. The lowest BCUT2D eigenvalue weighted by Crippen LogP contribution is -2.47. The number of hydrogen-bond donors (Lipinski definition) is 1. The summed E-state index contributed by atoms with van der Waals surface area (Å²) in [6.45, 7) is 2.05. The molecular formula is C14H21NOS2. The van der Waals surface area contributed by atoms with Crippen LogP contribution in [0.15, 0.2) is 17.5 Å². The first-order valence-corrected chi connectivity index (χ1v) is 8.87.